The predicted molar refractivity (Wildman–Crippen MR) is 103 cm³/mol. The van der Waals surface area contributed by atoms with Crippen LogP contribution in [-0.2, 0) is 0 Å². The van der Waals surface area contributed by atoms with Gasteiger partial charge in [-0.1, -0.05) is 42.9 Å². The van der Waals surface area contributed by atoms with Crippen molar-refractivity contribution >= 4 is 7.28 Å². The molecule has 3 atom stereocenters. The third-order valence-corrected chi connectivity index (χ3v) is 6.80. The molecule has 3 rings (SSSR count). The lowest BCUT2D eigenvalue weighted by molar-refractivity contribution is 0.299. The SMILES string of the molecule is C=CC1CCC/C([B]C2=C(C)C3CCCCCCC23)=C(/C)CC1. The van der Waals surface area contributed by atoms with Crippen molar-refractivity contribution in [1.29, 1.82) is 0 Å². The van der Waals surface area contributed by atoms with E-state index < -0.39 is 0 Å². The third kappa shape index (κ3) is 3.86. The van der Waals surface area contributed by atoms with Gasteiger partial charge in [-0.2, -0.15) is 0 Å². The molecule has 0 N–H and O–H groups in total. The summed E-state index contributed by atoms with van der Waals surface area (Å²) in [5.41, 5.74) is 6.77. The molecule has 1 saturated carbocycles. The molecule has 0 aromatic carbocycles. The molecule has 1 radical (unpaired) electrons. The highest BCUT2D eigenvalue weighted by Gasteiger charge is 2.37. The Balaban J connectivity index is 1.70. The van der Waals surface area contributed by atoms with Gasteiger partial charge in [0.15, 0.2) is 7.28 Å². The van der Waals surface area contributed by atoms with Crippen LogP contribution in [0.3, 0.4) is 0 Å². The van der Waals surface area contributed by atoms with Crippen molar-refractivity contribution in [1.82, 2.24) is 0 Å². The fourth-order valence-corrected chi connectivity index (χ4v) is 5.10. The average Bonchev–Trinajstić information content (AvgIpc) is 2.52. The van der Waals surface area contributed by atoms with E-state index >= 15 is 0 Å². The molecule has 0 amide bonds. The summed E-state index contributed by atoms with van der Waals surface area (Å²) in [4.78, 5) is 0. The molecule has 0 aliphatic heterocycles. The van der Waals surface area contributed by atoms with Gasteiger partial charge in [0.2, 0.25) is 0 Å². The van der Waals surface area contributed by atoms with E-state index in [1.165, 1.54) is 70.6 Å². The molecule has 3 aliphatic rings. The maximum absolute atomic E-state index is 4.01. The summed E-state index contributed by atoms with van der Waals surface area (Å²) in [5.74, 6) is 2.55. The second-order valence-electron chi connectivity index (χ2n) is 8.22. The minimum Gasteiger partial charge on any atom is -0.104 e. The fourth-order valence-electron chi connectivity index (χ4n) is 5.10. The fraction of sp³-hybridized carbons (Fsp3) is 0.727. The highest BCUT2D eigenvalue weighted by Crippen LogP contribution is 2.48. The van der Waals surface area contributed by atoms with Crippen LogP contribution in [0, 0.1) is 17.8 Å². The van der Waals surface area contributed by atoms with Crippen molar-refractivity contribution in [3.63, 3.8) is 0 Å². The summed E-state index contributed by atoms with van der Waals surface area (Å²) >= 11 is 0. The molecule has 0 heterocycles. The van der Waals surface area contributed by atoms with E-state index in [0.29, 0.717) is 0 Å². The van der Waals surface area contributed by atoms with Crippen molar-refractivity contribution < 1.29 is 0 Å². The van der Waals surface area contributed by atoms with Gasteiger partial charge in [-0.25, -0.2) is 0 Å². The summed E-state index contributed by atoms with van der Waals surface area (Å²) in [6, 6.07) is 0. The van der Waals surface area contributed by atoms with Crippen LogP contribution in [0.4, 0.5) is 0 Å². The summed E-state index contributed by atoms with van der Waals surface area (Å²) in [6.45, 7) is 8.81. The van der Waals surface area contributed by atoms with Crippen molar-refractivity contribution in [3.8, 4) is 0 Å². The van der Waals surface area contributed by atoms with Gasteiger partial charge in [0, 0.05) is 0 Å². The Labute approximate surface area is 144 Å². The van der Waals surface area contributed by atoms with Crippen LogP contribution >= 0.6 is 0 Å². The average molecular weight is 309 g/mol. The molecule has 0 spiro atoms. The first-order valence-corrected chi connectivity index (χ1v) is 10.1. The van der Waals surface area contributed by atoms with Gasteiger partial charge in [-0.3, -0.25) is 0 Å². The highest BCUT2D eigenvalue weighted by molar-refractivity contribution is 6.54. The molecule has 3 unspecified atom stereocenters. The lowest BCUT2D eigenvalue weighted by atomic mass is 9.45. The van der Waals surface area contributed by atoms with E-state index in [4.69, 9.17) is 0 Å². The van der Waals surface area contributed by atoms with Gasteiger partial charge in [0.1, 0.15) is 0 Å². The van der Waals surface area contributed by atoms with E-state index in [2.05, 4.69) is 33.8 Å². The Morgan fingerprint density at radius 3 is 2.35 bits per heavy atom. The number of fused-ring (bicyclic) bond motifs is 1. The molecular weight excluding hydrogens is 275 g/mol. The molecular formula is C22H34B. The Morgan fingerprint density at radius 1 is 0.870 bits per heavy atom. The second kappa shape index (κ2) is 7.91. The van der Waals surface area contributed by atoms with Crippen molar-refractivity contribution in [2.75, 3.05) is 0 Å². The molecule has 0 aromatic heterocycles. The van der Waals surface area contributed by atoms with E-state index in [1.54, 1.807) is 22.1 Å². The van der Waals surface area contributed by atoms with Gasteiger partial charge >= 0.3 is 0 Å². The standard InChI is InChI=1S/C22H34B/c1-4-18-10-9-13-21(16(2)14-15-18)23-22-17(3)19-11-7-5-6-8-12-20(19)22/h4,18-20H,1,5-15H2,2-3H3/b21-16+. The van der Waals surface area contributed by atoms with Gasteiger partial charge in [-0.05, 0) is 76.5 Å². The van der Waals surface area contributed by atoms with Crippen molar-refractivity contribution in [2.45, 2.75) is 84.5 Å². The van der Waals surface area contributed by atoms with Crippen LogP contribution in [0.25, 0.3) is 0 Å². The molecule has 23 heavy (non-hydrogen) atoms. The van der Waals surface area contributed by atoms with Gasteiger partial charge in [0.05, 0.1) is 0 Å². The minimum atomic E-state index is 0.742. The van der Waals surface area contributed by atoms with Crippen LogP contribution in [0.5, 0.6) is 0 Å². The molecule has 0 saturated heterocycles. The maximum Gasteiger partial charge on any atom is 0.180 e. The van der Waals surface area contributed by atoms with Crippen LogP contribution in [-0.4, -0.2) is 7.28 Å². The molecule has 0 aromatic rings. The first-order valence-electron chi connectivity index (χ1n) is 10.1. The van der Waals surface area contributed by atoms with E-state index in [0.717, 1.165) is 17.8 Å². The van der Waals surface area contributed by atoms with Gasteiger partial charge < -0.3 is 0 Å². The molecule has 125 valence electrons. The Hall–Kier alpha value is -0.715. The molecule has 0 nitrogen and oxygen atoms in total. The molecule has 0 bridgehead atoms. The normalized spacial score (nSPS) is 36.0. The Kier molecular flexibility index (Phi) is 5.88. The quantitative estimate of drug-likeness (QED) is 0.406. The highest BCUT2D eigenvalue weighted by atomic mass is 14.4. The van der Waals surface area contributed by atoms with E-state index in [-0.39, 0.29) is 0 Å². The summed E-state index contributed by atoms with van der Waals surface area (Å²) in [5, 5.41) is 0. The van der Waals surface area contributed by atoms with Crippen molar-refractivity contribution in [3.05, 3.63) is 34.7 Å². The largest absolute Gasteiger partial charge is 0.180 e. The Bertz CT molecular complexity index is 496. The van der Waals surface area contributed by atoms with Gasteiger partial charge in [0.25, 0.3) is 0 Å². The lowest BCUT2D eigenvalue weighted by Gasteiger charge is -2.43. The first-order chi connectivity index (χ1) is 11.2. The van der Waals surface area contributed by atoms with Crippen molar-refractivity contribution in [2.24, 2.45) is 17.8 Å². The monoisotopic (exact) mass is 309 g/mol. The Morgan fingerprint density at radius 2 is 1.61 bits per heavy atom. The number of hydrogen-bond donors (Lipinski definition) is 0. The molecule has 1 heteroatoms. The molecule has 1 fully saturated rings. The number of allylic oxidation sites excluding steroid dienone is 5. The van der Waals surface area contributed by atoms with Crippen LogP contribution in [0.2, 0.25) is 0 Å². The summed E-state index contributed by atoms with van der Waals surface area (Å²) < 4.78 is 0. The van der Waals surface area contributed by atoms with Crippen LogP contribution in [0.1, 0.15) is 84.5 Å². The maximum atomic E-state index is 4.01. The minimum absolute atomic E-state index is 0.742. The topological polar surface area (TPSA) is 0 Å². The number of rotatable bonds is 3. The van der Waals surface area contributed by atoms with Crippen LogP contribution < -0.4 is 0 Å². The third-order valence-electron chi connectivity index (χ3n) is 6.80. The summed E-state index contributed by atoms with van der Waals surface area (Å²) in [7, 11) is 2.63. The van der Waals surface area contributed by atoms with Crippen LogP contribution in [0.15, 0.2) is 34.7 Å². The van der Waals surface area contributed by atoms with Gasteiger partial charge in [-0.15, -0.1) is 17.5 Å². The molecule has 3 aliphatic carbocycles. The second-order valence-corrected chi connectivity index (χ2v) is 8.22. The predicted octanol–water partition coefficient (Wildman–Crippen LogP) is 6.61. The smallest absolute Gasteiger partial charge is 0.104 e. The zero-order chi connectivity index (χ0) is 16.2. The first kappa shape index (κ1) is 17.1. The zero-order valence-corrected chi connectivity index (χ0v) is 15.4. The summed E-state index contributed by atoms with van der Waals surface area (Å²) in [6.07, 6.45) is 17.4. The zero-order valence-electron chi connectivity index (χ0n) is 15.4. The lowest BCUT2D eigenvalue weighted by Crippen LogP contribution is -2.34. The number of hydrogen-bond acceptors (Lipinski definition) is 0. The van der Waals surface area contributed by atoms with E-state index in [1.807, 2.05) is 0 Å². The van der Waals surface area contributed by atoms with E-state index in [9.17, 15) is 0 Å².